The van der Waals surface area contributed by atoms with E-state index in [2.05, 4.69) is 11.9 Å². The number of aliphatic carboxylic acids is 1. The van der Waals surface area contributed by atoms with Crippen LogP contribution in [0.5, 0.6) is 0 Å². The molecular weight excluding hydrogens is 232 g/mol. The molecule has 5 heteroatoms. The van der Waals surface area contributed by atoms with Crippen molar-refractivity contribution in [3.63, 3.8) is 0 Å². The number of piperazine rings is 1. The maximum absolute atomic E-state index is 12.3. The lowest BCUT2D eigenvalue weighted by Crippen LogP contribution is -2.49. The van der Waals surface area contributed by atoms with E-state index in [1.54, 1.807) is 0 Å². The zero-order chi connectivity index (χ0) is 13.1. The van der Waals surface area contributed by atoms with E-state index in [1.165, 1.54) is 0 Å². The van der Waals surface area contributed by atoms with Crippen LogP contribution in [0.3, 0.4) is 0 Å². The average Bonchev–Trinajstić information content (AvgIpc) is 2.39. The summed E-state index contributed by atoms with van der Waals surface area (Å²) in [6.07, 6.45) is 2.78. The Balaban J connectivity index is 1.82. The summed E-state index contributed by atoms with van der Waals surface area (Å²) in [5.41, 5.74) is 0. The minimum absolute atomic E-state index is 0.0593. The molecule has 1 aliphatic heterocycles. The first-order chi connectivity index (χ1) is 8.58. The molecule has 2 aliphatic rings. The Hall–Kier alpha value is -1.10. The van der Waals surface area contributed by atoms with Gasteiger partial charge in [-0.05, 0) is 32.7 Å². The van der Waals surface area contributed by atoms with Crippen molar-refractivity contribution < 1.29 is 14.7 Å². The Morgan fingerprint density at radius 1 is 0.944 bits per heavy atom. The number of carbonyl (C=O) groups excluding carboxylic acids is 1. The lowest BCUT2D eigenvalue weighted by atomic mass is 9.81. The second kappa shape index (κ2) is 5.69. The summed E-state index contributed by atoms with van der Waals surface area (Å²) in [5, 5.41) is 8.94. The molecule has 0 aromatic heterocycles. The smallest absolute Gasteiger partial charge is 0.306 e. The van der Waals surface area contributed by atoms with Gasteiger partial charge in [0.15, 0.2) is 0 Å². The SMILES string of the molecule is CN1CCN(C(=O)C2CCC(C(=O)O)CC2)CC1. The summed E-state index contributed by atoms with van der Waals surface area (Å²) in [5.74, 6) is -0.641. The highest BCUT2D eigenvalue weighted by molar-refractivity contribution is 5.79. The number of amides is 1. The van der Waals surface area contributed by atoms with Crippen LogP contribution in [0.15, 0.2) is 0 Å². The Kier molecular flexibility index (Phi) is 4.22. The number of carboxylic acid groups (broad SMARTS) is 1. The quantitative estimate of drug-likeness (QED) is 0.786. The zero-order valence-electron chi connectivity index (χ0n) is 11.0. The second-order valence-electron chi connectivity index (χ2n) is 5.52. The Morgan fingerprint density at radius 2 is 1.44 bits per heavy atom. The normalized spacial score (nSPS) is 30.2. The number of likely N-dealkylation sites (N-methyl/N-ethyl adjacent to an activating group) is 1. The van der Waals surface area contributed by atoms with E-state index in [9.17, 15) is 9.59 Å². The summed E-state index contributed by atoms with van der Waals surface area (Å²) < 4.78 is 0. The van der Waals surface area contributed by atoms with Crippen molar-refractivity contribution in [2.24, 2.45) is 11.8 Å². The Bertz CT molecular complexity index is 316. The molecule has 0 radical (unpaired) electrons. The van der Waals surface area contributed by atoms with E-state index in [1.807, 2.05) is 4.90 Å². The van der Waals surface area contributed by atoms with Gasteiger partial charge in [-0.25, -0.2) is 0 Å². The molecule has 0 aromatic carbocycles. The van der Waals surface area contributed by atoms with Crippen LogP contribution in [0.1, 0.15) is 25.7 Å². The van der Waals surface area contributed by atoms with Crippen LogP contribution in [-0.4, -0.2) is 60.0 Å². The largest absolute Gasteiger partial charge is 0.481 e. The first kappa shape index (κ1) is 13.3. The number of carbonyl (C=O) groups is 2. The van der Waals surface area contributed by atoms with E-state index in [4.69, 9.17) is 5.11 Å². The van der Waals surface area contributed by atoms with Crippen molar-refractivity contribution in [2.45, 2.75) is 25.7 Å². The molecule has 1 aliphatic carbocycles. The van der Waals surface area contributed by atoms with E-state index in [0.717, 1.165) is 39.0 Å². The molecule has 0 atom stereocenters. The maximum atomic E-state index is 12.3. The van der Waals surface area contributed by atoms with Crippen molar-refractivity contribution in [3.8, 4) is 0 Å². The highest BCUT2D eigenvalue weighted by Gasteiger charge is 2.32. The Labute approximate surface area is 108 Å². The summed E-state index contributed by atoms with van der Waals surface area (Å²) in [7, 11) is 2.07. The highest BCUT2D eigenvalue weighted by Crippen LogP contribution is 2.30. The van der Waals surface area contributed by atoms with Crippen molar-refractivity contribution in [3.05, 3.63) is 0 Å². The molecule has 0 spiro atoms. The lowest BCUT2D eigenvalue weighted by molar-refractivity contribution is -0.146. The second-order valence-corrected chi connectivity index (χ2v) is 5.52. The van der Waals surface area contributed by atoms with Crippen LogP contribution in [0.4, 0.5) is 0 Å². The van der Waals surface area contributed by atoms with Crippen LogP contribution in [0.2, 0.25) is 0 Å². The van der Waals surface area contributed by atoms with Crippen LogP contribution < -0.4 is 0 Å². The third-order valence-corrected chi connectivity index (χ3v) is 4.24. The molecule has 2 fully saturated rings. The molecule has 0 bridgehead atoms. The maximum Gasteiger partial charge on any atom is 0.306 e. The van der Waals surface area contributed by atoms with Gasteiger partial charge in [0, 0.05) is 32.1 Å². The van der Waals surface area contributed by atoms with E-state index < -0.39 is 5.97 Å². The zero-order valence-corrected chi connectivity index (χ0v) is 11.0. The topological polar surface area (TPSA) is 60.9 Å². The molecule has 1 saturated carbocycles. The molecule has 2 rings (SSSR count). The van der Waals surface area contributed by atoms with Crippen LogP contribution in [-0.2, 0) is 9.59 Å². The van der Waals surface area contributed by atoms with Gasteiger partial charge < -0.3 is 14.9 Å². The first-order valence-electron chi connectivity index (χ1n) is 6.78. The number of hydrogen-bond donors (Lipinski definition) is 1. The number of rotatable bonds is 2. The van der Waals surface area contributed by atoms with Gasteiger partial charge in [-0.2, -0.15) is 0 Å². The fraction of sp³-hybridized carbons (Fsp3) is 0.846. The third-order valence-electron chi connectivity index (χ3n) is 4.24. The fourth-order valence-corrected chi connectivity index (χ4v) is 2.87. The van der Waals surface area contributed by atoms with Crippen LogP contribution in [0, 0.1) is 11.8 Å². The lowest BCUT2D eigenvalue weighted by Gasteiger charge is -2.36. The van der Waals surface area contributed by atoms with Gasteiger partial charge in [-0.1, -0.05) is 0 Å². The minimum Gasteiger partial charge on any atom is -0.481 e. The van der Waals surface area contributed by atoms with E-state index in [-0.39, 0.29) is 17.7 Å². The average molecular weight is 254 g/mol. The third kappa shape index (κ3) is 3.02. The molecule has 0 unspecified atom stereocenters. The number of carboxylic acids is 1. The van der Waals surface area contributed by atoms with E-state index >= 15 is 0 Å². The fourth-order valence-electron chi connectivity index (χ4n) is 2.87. The minimum atomic E-state index is -0.708. The molecule has 18 heavy (non-hydrogen) atoms. The molecule has 0 aromatic rings. The van der Waals surface area contributed by atoms with E-state index in [0.29, 0.717) is 12.8 Å². The van der Waals surface area contributed by atoms with Crippen LogP contribution in [0.25, 0.3) is 0 Å². The first-order valence-corrected chi connectivity index (χ1v) is 6.78. The molecule has 102 valence electrons. The van der Waals surface area contributed by atoms with Gasteiger partial charge >= 0.3 is 5.97 Å². The van der Waals surface area contributed by atoms with Gasteiger partial charge in [0.25, 0.3) is 0 Å². The summed E-state index contributed by atoms with van der Waals surface area (Å²) in [6.45, 7) is 3.51. The van der Waals surface area contributed by atoms with Crippen molar-refractivity contribution in [1.29, 1.82) is 0 Å². The summed E-state index contributed by atoms with van der Waals surface area (Å²) >= 11 is 0. The summed E-state index contributed by atoms with van der Waals surface area (Å²) in [4.78, 5) is 27.3. The molecule has 1 heterocycles. The van der Waals surface area contributed by atoms with Gasteiger partial charge in [0.05, 0.1) is 5.92 Å². The standard InChI is InChI=1S/C13H22N2O3/c1-14-6-8-15(9-7-14)12(16)10-2-4-11(5-3-10)13(17)18/h10-11H,2-9H2,1H3,(H,17,18). The van der Waals surface area contributed by atoms with Gasteiger partial charge in [-0.3, -0.25) is 9.59 Å². The number of hydrogen-bond acceptors (Lipinski definition) is 3. The molecule has 5 nitrogen and oxygen atoms in total. The van der Waals surface area contributed by atoms with Crippen molar-refractivity contribution >= 4 is 11.9 Å². The molecule has 1 amide bonds. The monoisotopic (exact) mass is 254 g/mol. The van der Waals surface area contributed by atoms with Crippen molar-refractivity contribution in [1.82, 2.24) is 9.80 Å². The predicted octanol–water partition coefficient (Wildman–Crippen LogP) is 0.651. The summed E-state index contributed by atoms with van der Waals surface area (Å²) in [6, 6.07) is 0. The molecule has 1 N–H and O–H groups in total. The molecule has 1 saturated heterocycles. The number of nitrogens with zero attached hydrogens (tertiary/aromatic N) is 2. The predicted molar refractivity (Wildman–Crippen MR) is 67.2 cm³/mol. The highest BCUT2D eigenvalue weighted by atomic mass is 16.4. The Morgan fingerprint density at radius 3 is 1.94 bits per heavy atom. The van der Waals surface area contributed by atoms with Crippen molar-refractivity contribution in [2.75, 3.05) is 33.2 Å². The van der Waals surface area contributed by atoms with Gasteiger partial charge in [0.2, 0.25) is 5.91 Å². The van der Waals surface area contributed by atoms with Gasteiger partial charge in [-0.15, -0.1) is 0 Å². The van der Waals surface area contributed by atoms with Crippen LogP contribution >= 0.6 is 0 Å². The molecular formula is C13H22N2O3. The van der Waals surface area contributed by atoms with Gasteiger partial charge in [0.1, 0.15) is 0 Å².